The molecule has 0 amide bonds. The second-order valence-electron chi connectivity index (χ2n) is 6.30. The minimum absolute atomic E-state index is 0.366. The number of piperazine rings is 1. The van der Waals surface area contributed by atoms with Crippen molar-refractivity contribution in [2.24, 2.45) is 4.99 Å². The molecule has 0 radical (unpaired) electrons. The number of aliphatic imine (C=N–C) groups is 1. The first kappa shape index (κ1) is 17.2. The van der Waals surface area contributed by atoms with E-state index < -0.39 is 0 Å². The molecular weight excluding hydrogens is 318 g/mol. The minimum Gasteiger partial charge on any atom is -0.359 e. The lowest BCUT2D eigenvalue weighted by atomic mass is 10.1. The molecule has 3 rings (SSSR count). The van der Waals surface area contributed by atoms with Crippen LogP contribution in [0.15, 0.2) is 34.0 Å². The van der Waals surface area contributed by atoms with Gasteiger partial charge in [0.15, 0.2) is 11.7 Å². The molecule has 0 saturated carbocycles. The summed E-state index contributed by atoms with van der Waals surface area (Å²) in [4.78, 5) is 17.4. The minimum atomic E-state index is 0.366. The molecule has 0 atom stereocenters. The van der Waals surface area contributed by atoms with Crippen LogP contribution in [-0.4, -0.2) is 59.2 Å². The first-order valence-corrected chi connectivity index (χ1v) is 8.60. The van der Waals surface area contributed by atoms with Gasteiger partial charge in [0, 0.05) is 51.7 Å². The van der Waals surface area contributed by atoms with Gasteiger partial charge in [-0.3, -0.25) is 4.99 Å². The predicted molar refractivity (Wildman–Crippen MR) is 96.6 cm³/mol. The number of rotatable bonds is 4. The van der Waals surface area contributed by atoms with Crippen LogP contribution in [0.2, 0.25) is 0 Å². The molecule has 8 heteroatoms. The van der Waals surface area contributed by atoms with E-state index in [4.69, 9.17) is 4.52 Å². The fraction of sp³-hybridized carbons (Fsp3) is 0.529. The zero-order valence-corrected chi connectivity index (χ0v) is 15.0. The molecule has 2 aromatic heterocycles. The average molecular weight is 343 g/mol. The molecule has 0 unspecified atom stereocenters. The summed E-state index contributed by atoms with van der Waals surface area (Å²) in [5, 5.41) is 7.44. The Bertz CT molecular complexity index is 690. The van der Waals surface area contributed by atoms with Crippen LogP contribution in [-0.2, 0) is 6.54 Å². The predicted octanol–water partition coefficient (Wildman–Crippen LogP) is 1.49. The van der Waals surface area contributed by atoms with Crippen molar-refractivity contribution in [3.63, 3.8) is 0 Å². The molecule has 1 fully saturated rings. The highest BCUT2D eigenvalue weighted by Gasteiger charge is 2.21. The third-order valence-corrected chi connectivity index (χ3v) is 4.22. The maximum absolute atomic E-state index is 5.37. The normalized spacial score (nSPS) is 15.8. The molecule has 8 nitrogen and oxygen atoms in total. The van der Waals surface area contributed by atoms with Gasteiger partial charge in [0.05, 0.1) is 12.2 Å². The number of hydrogen-bond donors (Lipinski definition) is 1. The van der Waals surface area contributed by atoms with Crippen molar-refractivity contribution >= 4 is 11.9 Å². The van der Waals surface area contributed by atoms with Crippen LogP contribution in [0.1, 0.15) is 31.2 Å². The first-order chi connectivity index (χ1) is 12.2. The van der Waals surface area contributed by atoms with E-state index in [1.165, 1.54) is 0 Å². The summed E-state index contributed by atoms with van der Waals surface area (Å²) >= 11 is 0. The average Bonchev–Trinajstić information content (AvgIpc) is 3.13. The van der Waals surface area contributed by atoms with Crippen molar-refractivity contribution in [2.75, 3.05) is 38.1 Å². The molecule has 3 heterocycles. The van der Waals surface area contributed by atoms with Crippen LogP contribution in [0.5, 0.6) is 0 Å². The number of nitrogens with zero attached hydrogens (tertiary/aromatic N) is 6. The maximum atomic E-state index is 5.37. The molecule has 2 aromatic rings. The van der Waals surface area contributed by atoms with Crippen molar-refractivity contribution in [1.82, 2.24) is 25.3 Å². The molecule has 1 saturated heterocycles. The van der Waals surface area contributed by atoms with Gasteiger partial charge in [-0.05, 0) is 12.0 Å². The summed E-state index contributed by atoms with van der Waals surface area (Å²) < 4.78 is 5.37. The van der Waals surface area contributed by atoms with E-state index in [9.17, 15) is 0 Å². The van der Waals surface area contributed by atoms with Gasteiger partial charge in [-0.25, -0.2) is 9.97 Å². The van der Waals surface area contributed by atoms with E-state index in [-0.39, 0.29) is 0 Å². The van der Waals surface area contributed by atoms with E-state index in [0.717, 1.165) is 49.5 Å². The second-order valence-corrected chi connectivity index (χ2v) is 6.30. The Labute approximate surface area is 148 Å². The van der Waals surface area contributed by atoms with Gasteiger partial charge in [-0.1, -0.05) is 19.0 Å². The summed E-state index contributed by atoms with van der Waals surface area (Å²) in [7, 11) is 1.80. The topological polar surface area (TPSA) is 82.7 Å². The van der Waals surface area contributed by atoms with Gasteiger partial charge in [0.25, 0.3) is 0 Å². The smallest absolute Gasteiger partial charge is 0.225 e. The Morgan fingerprint density at radius 2 is 1.96 bits per heavy atom. The van der Waals surface area contributed by atoms with Crippen molar-refractivity contribution in [3.8, 4) is 0 Å². The summed E-state index contributed by atoms with van der Waals surface area (Å²) in [6.45, 7) is 8.24. The van der Waals surface area contributed by atoms with Gasteiger partial charge in [0.1, 0.15) is 0 Å². The van der Waals surface area contributed by atoms with Crippen molar-refractivity contribution < 1.29 is 4.52 Å². The van der Waals surface area contributed by atoms with Gasteiger partial charge in [-0.2, -0.15) is 0 Å². The molecule has 1 aliphatic heterocycles. The van der Waals surface area contributed by atoms with Gasteiger partial charge in [0.2, 0.25) is 5.95 Å². The third kappa shape index (κ3) is 4.26. The Hall–Kier alpha value is -2.64. The quantitative estimate of drug-likeness (QED) is 0.665. The first-order valence-electron chi connectivity index (χ1n) is 8.60. The van der Waals surface area contributed by atoms with E-state index in [2.05, 4.69) is 49.1 Å². The Balaban J connectivity index is 1.52. The Kier molecular flexibility index (Phi) is 5.47. The second kappa shape index (κ2) is 7.96. The fourth-order valence-electron chi connectivity index (χ4n) is 2.76. The van der Waals surface area contributed by atoms with Crippen LogP contribution in [0.4, 0.5) is 5.95 Å². The SMILES string of the molecule is CN=C(NCc1cc(C(C)C)no1)N1CCN(c2ncccn2)CC1. The number of aromatic nitrogens is 3. The third-order valence-electron chi connectivity index (χ3n) is 4.22. The maximum Gasteiger partial charge on any atom is 0.225 e. The van der Waals surface area contributed by atoms with Crippen LogP contribution >= 0.6 is 0 Å². The number of anilines is 1. The summed E-state index contributed by atoms with van der Waals surface area (Å²) in [6, 6.07) is 3.83. The zero-order valence-electron chi connectivity index (χ0n) is 15.0. The highest BCUT2D eigenvalue weighted by Crippen LogP contribution is 2.14. The van der Waals surface area contributed by atoms with Gasteiger partial charge >= 0.3 is 0 Å². The van der Waals surface area contributed by atoms with Gasteiger partial charge < -0.3 is 19.6 Å². The molecular formula is C17H25N7O. The highest BCUT2D eigenvalue weighted by molar-refractivity contribution is 5.80. The summed E-state index contributed by atoms with van der Waals surface area (Å²) in [5.74, 6) is 2.84. The number of hydrogen-bond acceptors (Lipinski definition) is 6. The van der Waals surface area contributed by atoms with Gasteiger partial charge in [-0.15, -0.1) is 0 Å². The summed E-state index contributed by atoms with van der Waals surface area (Å²) in [6.07, 6.45) is 3.55. The van der Waals surface area contributed by atoms with E-state index in [1.54, 1.807) is 19.4 Å². The van der Waals surface area contributed by atoms with Crippen molar-refractivity contribution in [2.45, 2.75) is 26.3 Å². The highest BCUT2D eigenvalue weighted by atomic mass is 16.5. The van der Waals surface area contributed by atoms with Crippen LogP contribution in [0, 0.1) is 0 Å². The van der Waals surface area contributed by atoms with Crippen LogP contribution in [0.3, 0.4) is 0 Å². The van der Waals surface area contributed by atoms with Crippen molar-refractivity contribution in [3.05, 3.63) is 36.0 Å². The van der Waals surface area contributed by atoms with Crippen molar-refractivity contribution in [1.29, 1.82) is 0 Å². The summed E-state index contributed by atoms with van der Waals surface area (Å²) in [5.41, 5.74) is 0.975. The lowest BCUT2D eigenvalue weighted by molar-refractivity contribution is 0.354. The standard InChI is InChI=1S/C17H25N7O/c1-13(2)15-11-14(25-22-15)12-21-16(18-3)23-7-9-24(10-8-23)17-19-5-4-6-20-17/h4-6,11,13H,7-10,12H2,1-3H3,(H,18,21). The van der Waals surface area contributed by atoms with E-state index >= 15 is 0 Å². The molecule has 0 aromatic carbocycles. The lowest BCUT2D eigenvalue weighted by Gasteiger charge is -2.36. The molecule has 25 heavy (non-hydrogen) atoms. The number of guanidine groups is 1. The Morgan fingerprint density at radius 1 is 1.24 bits per heavy atom. The van der Waals surface area contributed by atoms with Crippen LogP contribution < -0.4 is 10.2 Å². The van der Waals surface area contributed by atoms with E-state index in [0.29, 0.717) is 12.5 Å². The zero-order chi connectivity index (χ0) is 17.6. The monoisotopic (exact) mass is 343 g/mol. The largest absolute Gasteiger partial charge is 0.359 e. The molecule has 1 N–H and O–H groups in total. The molecule has 0 aliphatic carbocycles. The van der Waals surface area contributed by atoms with Crippen LogP contribution in [0.25, 0.3) is 0 Å². The fourth-order valence-corrected chi connectivity index (χ4v) is 2.76. The molecule has 0 spiro atoms. The number of nitrogens with one attached hydrogen (secondary N) is 1. The molecule has 1 aliphatic rings. The van der Waals surface area contributed by atoms with E-state index in [1.807, 2.05) is 12.1 Å². The lowest BCUT2D eigenvalue weighted by Crippen LogP contribution is -2.52. The molecule has 134 valence electrons. The molecule has 0 bridgehead atoms. The Morgan fingerprint density at radius 3 is 2.56 bits per heavy atom.